The lowest BCUT2D eigenvalue weighted by Gasteiger charge is -2.22. The van der Waals surface area contributed by atoms with Gasteiger partial charge < -0.3 is 15.0 Å². The maximum atomic E-state index is 12.4. The number of rotatable bonds is 6. The van der Waals surface area contributed by atoms with Crippen LogP contribution in [0.4, 0.5) is 5.69 Å². The Balaban J connectivity index is 2.08. The molecule has 0 heterocycles. The average Bonchev–Trinajstić information content (AvgIpc) is 2.57. The van der Waals surface area contributed by atoms with Gasteiger partial charge in [0.15, 0.2) is 0 Å². The summed E-state index contributed by atoms with van der Waals surface area (Å²) < 4.78 is 5.31. The second-order valence-corrected chi connectivity index (χ2v) is 6.05. The Morgan fingerprint density at radius 1 is 1.12 bits per heavy atom. The molecule has 0 radical (unpaired) electrons. The second-order valence-electron chi connectivity index (χ2n) is 6.05. The van der Waals surface area contributed by atoms with Crippen LogP contribution in [0.15, 0.2) is 42.5 Å². The van der Waals surface area contributed by atoms with Crippen molar-refractivity contribution in [2.45, 2.75) is 27.3 Å². The van der Waals surface area contributed by atoms with Gasteiger partial charge in [0, 0.05) is 24.7 Å². The third-order valence-electron chi connectivity index (χ3n) is 3.99. The predicted octanol–water partition coefficient (Wildman–Crippen LogP) is 3.30. The van der Waals surface area contributed by atoms with Crippen LogP contribution in [-0.2, 0) is 16.1 Å². The Hall–Kier alpha value is -2.82. The van der Waals surface area contributed by atoms with Gasteiger partial charge in [-0.25, -0.2) is 0 Å². The van der Waals surface area contributed by atoms with Crippen LogP contribution in [0.2, 0.25) is 0 Å². The first kappa shape index (κ1) is 18.5. The zero-order chi connectivity index (χ0) is 18.4. The van der Waals surface area contributed by atoms with Crippen molar-refractivity contribution in [2.75, 3.05) is 19.0 Å². The summed E-state index contributed by atoms with van der Waals surface area (Å²) in [5.41, 5.74) is 3.75. The molecule has 0 saturated heterocycles. The molecule has 1 N–H and O–H groups in total. The van der Waals surface area contributed by atoms with Crippen LogP contribution in [0.3, 0.4) is 0 Å². The summed E-state index contributed by atoms with van der Waals surface area (Å²) in [6.07, 6.45) is 0. The van der Waals surface area contributed by atoms with Gasteiger partial charge in [-0.3, -0.25) is 9.59 Å². The molecule has 0 atom stereocenters. The zero-order valence-corrected chi connectivity index (χ0v) is 15.1. The maximum Gasteiger partial charge on any atom is 0.244 e. The van der Waals surface area contributed by atoms with Gasteiger partial charge in [0.2, 0.25) is 11.8 Å². The molecule has 0 aliphatic heterocycles. The lowest BCUT2D eigenvalue weighted by molar-refractivity contribution is -0.133. The third kappa shape index (κ3) is 5.08. The quantitative estimate of drug-likeness (QED) is 0.878. The number of hydrogen-bond acceptors (Lipinski definition) is 3. The van der Waals surface area contributed by atoms with Gasteiger partial charge in [-0.1, -0.05) is 35.9 Å². The number of nitrogens with zero attached hydrogens (tertiary/aromatic N) is 1. The van der Waals surface area contributed by atoms with Gasteiger partial charge in [0.1, 0.15) is 12.3 Å². The molecule has 0 aliphatic rings. The van der Waals surface area contributed by atoms with E-state index in [9.17, 15) is 9.59 Å². The molecule has 2 amide bonds. The normalized spacial score (nSPS) is 10.2. The summed E-state index contributed by atoms with van der Waals surface area (Å²) in [6.45, 7) is 5.71. The Bertz CT molecular complexity index is 771. The fraction of sp³-hybridized carbons (Fsp3) is 0.300. The summed E-state index contributed by atoms with van der Waals surface area (Å²) in [5, 5.41) is 2.87. The molecule has 5 nitrogen and oxygen atoms in total. The highest BCUT2D eigenvalue weighted by Crippen LogP contribution is 2.20. The number of benzene rings is 2. The number of anilines is 1. The number of methoxy groups -OCH3 is 1. The molecule has 0 bridgehead atoms. The number of para-hydroxylation sites is 1. The lowest BCUT2D eigenvalue weighted by Crippen LogP contribution is -2.36. The SMILES string of the molecule is COc1ccccc1CN(CC(=O)Nc1ccc(C)cc1C)C(C)=O. The van der Waals surface area contributed by atoms with Gasteiger partial charge in [0.25, 0.3) is 0 Å². The number of nitrogens with one attached hydrogen (secondary N) is 1. The number of ether oxygens (including phenoxy) is 1. The molecule has 0 saturated carbocycles. The Kier molecular flexibility index (Phi) is 6.17. The number of carbonyl (C=O) groups is 2. The van der Waals surface area contributed by atoms with Crippen molar-refractivity contribution in [2.24, 2.45) is 0 Å². The number of amides is 2. The van der Waals surface area contributed by atoms with Crippen LogP contribution in [0.1, 0.15) is 23.6 Å². The predicted molar refractivity (Wildman–Crippen MR) is 98.6 cm³/mol. The molecular formula is C20H24N2O3. The molecule has 0 aromatic heterocycles. The van der Waals surface area contributed by atoms with E-state index in [4.69, 9.17) is 4.74 Å². The van der Waals surface area contributed by atoms with Crippen LogP contribution in [0.5, 0.6) is 5.75 Å². The lowest BCUT2D eigenvalue weighted by atomic mass is 10.1. The highest BCUT2D eigenvalue weighted by Gasteiger charge is 2.16. The van der Waals surface area contributed by atoms with E-state index in [1.165, 1.54) is 11.8 Å². The number of carbonyl (C=O) groups excluding carboxylic acids is 2. The largest absolute Gasteiger partial charge is 0.496 e. The van der Waals surface area contributed by atoms with E-state index in [1.54, 1.807) is 7.11 Å². The molecule has 0 unspecified atom stereocenters. The van der Waals surface area contributed by atoms with E-state index in [-0.39, 0.29) is 18.4 Å². The second kappa shape index (κ2) is 8.33. The monoisotopic (exact) mass is 340 g/mol. The fourth-order valence-corrected chi connectivity index (χ4v) is 2.63. The maximum absolute atomic E-state index is 12.4. The van der Waals surface area contributed by atoms with Crippen molar-refractivity contribution in [1.29, 1.82) is 0 Å². The van der Waals surface area contributed by atoms with E-state index < -0.39 is 0 Å². The molecule has 0 aliphatic carbocycles. The van der Waals surface area contributed by atoms with Crippen LogP contribution in [0, 0.1) is 13.8 Å². The van der Waals surface area contributed by atoms with Crippen LogP contribution < -0.4 is 10.1 Å². The number of aryl methyl sites for hydroxylation is 2. The van der Waals surface area contributed by atoms with Crippen LogP contribution in [0.25, 0.3) is 0 Å². The number of hydrogen-bond donors (Lipinski definition) is 1. The van der Waals surface area contributed by atoms with Gasteiger partial charge in [0.05, 0.1) is 7.11 Å². The Labute approximate surface area is 148 Å². The summed E-state index contributed by atoms with van der Waals surface area (Å²) in [5.74, 6) is 0.308. The molecule has 0 spiro atoms. The van der Waals surface area contributed by atoms with Crippen molar-refractivity contribution in [1.82, 2.24) is 4.90 Å². The molecular weight excluding hydrogens is 316 g/mol. The van der Waals surface area contributed by atoms with Crippen LogP contribution >= 0.6 is 0 Å². The minimum atomic E-state index is -0.225. The Morgan fingerprint density at radius 3 is 2.48 bits per heavy atom. The first-order chi connectivity index (χ1) is 11.9. The summed E-state index contributed by atoms with van der Waals surface area (Å²) in [7, 11) is 1.59. The van der Waals surface area contributed by atoms with Crippen molar-refractivity contribution >= 4 is 17.5 Å². The van der Waals surface area contributed by atoms with E-state index in [2.05, 4.69) is 5.32 Å². The molecule has 2 aromatic carbocycles. The topological polar surface area (TPSA) is 58.6 Å². The van der Waals surface area contributed by atoms with E-state index >= 15 is 0 Å². The van der Waals surface area contributed by atoms with Gasteiger partial charge in [-0.05, 0) is 31.5 Å². The molecule has 0 fully saturated rings. The van der Waals surface area contributed by atoms with Crippen LogP contribution in [-0.4, -0.2) is 30.4 Å². The first-order valence-corrected chi connectivity index (χ1v) is 8.15. The fourth-order valence-electron chi connectivity index (χ4n) is 2.63. The highest BCUT2D eigenvalue weighted by molar-refractivity contribution is 5.94. The summed E-state index contributed by atoms with van der Waals surface area (Å²) >= 11 is 0. The molecule has 132 valence electrons. The molecule has 2 rings (SSSR count). The highest BCUT2D eigenvalue weighted by atomic mass is 16.5. The van der Waals surface area contributed by atoms with E-state index in [1.807, 2.05) is 56.3 Å². The minimum Gasteiger partial charge on any atom is -0.496 e. The van der Waals surface area contributed by atoms with Gasteiger partial charge in [-0.2, -0.15) is 0 Å². The zero-order valence-electron chi connectivity index (χ0n) is 15.1. The molecule has 5 heteroatoms. The smallest absolute Gasteiger partial charge is 0.244 e. The summed E-state index contributed by atoms with van der Waals surface area (Å²) in [4.78, 5) is 25.8. The average molecular weight is 340 g/mol. The van der Waals surface area contributed by atoms with Crippen molar-refractivity contribution in [3.05, 3.63) is 59.2 Å². The van der Waals surface area contributed by atoms with E-state index in [0.717, 1.165) is 22.4 Å². The van der Waals surface area contributed by atoms with E-state index in [0.29, 0.717) is 12.3 Å². The minimum absolute atomic E-state index is 0.0132. The summed E-state index contributed by atoms with van der Waals surface area (Å²) in [6, 6.07) is 13.3. The van der Waals surface area contributed by atoms with Crippen molar-refractivity contribution < 1.29 is 14.3 Å². The van der Waals surface area contributed by atoms with Crippen molar-refractivity contribution in [3.63, 3.8) is 0 Å². The first-order valence-electron chi connectivity index (χ1n) is 8.15. The van der Waals surface area contributed by atoms with Gasteiger partial charge in [-0.15, -0.1) is 0 Å². The molecule has 2 aromatic rings. The Morgan fingerprint density at radius 2 is 1.84 bits per heavy atom. The molecule has 25 heavy (non-hydrogen) atoms. The van der Waals surface area contributed by atoms with Gasteiger partial charge >= 0.3 is 0 Å². The third-order valence-corrected chi connectivity index (χ3v) is 3.99. The standard InChI is InChI=1S/C20H24N2O3/c1-14-9-10-18(15(2)11-14)21-20(24)13-22(16(3)23)12-17-7-5-6-8-19(17)25-4/h5-11H,12-13H2,1-4H3,(H,21,24). The van der Waals surface area contributed by atoms with Crippen molar-refractivity contribution in [3.8, 4) is 5.75 Å².